The molecular weight excluding hydrogens is 789 g/mol. The van der Waals surface area contributed by atoms with Crippen LogP contribution in [0.15, 0.2) is 12.7 Å². The maximum absolute atomic E-state index is 12.6. The van der Waals surface area contributed by atoms with Gasteiger partial charge in [-0.15, -0.1) is 6.58 Å². The van der Waals surface area contributed by atoms with Gasteiger partial charge in [0.2, 0.25) is 3.79 Å². The SMILES string of the molecule is C=CCO[C@@H]1OC(CO[C@@H]2OC(CO[C@@H]3OC(CO[C@@H]4OC(CO)[C@@H](C)[C@H](C)C4C)[C@@H](C)[C@H](C)C3C)[C@@H](C)[C@H](C)C2C)[C@@H](C)[C@H](C)C1NC(=O)OCC(Cl)(Cl)Cl. The molecule has 0 radical (unpaired) electrons. The van der Waals surface area contributed by atoms with Crippen LogP contribution in [0.3, 0.4) is 0 Å². The van der Waals surface area contributed by atoms with E-state index < -0.39 is 47.7 Å². The Balaban J connectivity index is 1.34. The third kappa shape index (κ3) is 12.1. The molecule has 0 saturated carbocycles. The molecule has 12 nitrogen and oxygen atoms in total. The van der Waals surface area contributed by atoms with Crippen LogP contribution in [-0.4, -0.2) is 110 Å². The molecule has 0 aliphatic carbocycles. The number of alkyl carbamates (subject to hydrolysis) is 1. The Hall–Kier alpha value is -0.480. The highest BCUT2D eigenvalue weighted by Crippen LogP contribution is 2.41. The molecule has 4 rings (SSSR count). The number of alkyl halides is 3. The average molecular weight is 859 g/mol. The summed E-state index contributed by atoms with van der Waals surface area (Å²) in [5.74, 6) is 2.02. The molecule has 0 bridgehead atoms. The standard InChI is InChI=1S/C41H70Cl3NO11/c1-13-14-48-39-35(45-40(47)52-19-41(42,43)44)27(9)26(8)34(56-39)18-51-38-30(12)22(4)25(7)33(55-38)17-50-37-29(11)21(3)24(6)32(54-37)16-49-36-28(10)20(2)23(5)31(15-46)53-36/h13,20-39,46H,1,14-19H2,2-12H3,(H,45,47)/t20-,21-,22-,23-,24-,25-,26-,27-,28?,29?,30?,31?,32?,33?,34?,35?,36+,37+,38+,39+/m0/s1. The van der Waals surface area contributed by atoms with E-state index in [4.69, 9.17) is 77.4 Å². The summed E-state index contributed by atoms with van der Waals surface area (Å²) in [6.07, 6.45) is -2.23. The van der Waals surface area contributed by atoms with E-state index in [9.17, 15) is 9.90 Å². The van der Waals surface area contributed by atoms with Gasteiger partial charge < -0.3 is 53.1 Å². The van der Waals surface area contributed by atoms with Crippen molar-refractivity contribution >= 4 is 40.9 Å². The molecule has 4 heterocycles. The Bertz CT molecular complexity index is 1230. The molecule has 1 amide bonds. The third-order valence-corrected chi connectivity index (χ3v) is 14.3. The fourth-order valence-electron chi connectivity index (χ4n) is 8.51. The predicted octanol–water partition coefficient (Wildman–Crippen LogP) is 7.59. The highest BCUT2D eigenvalue weighted by atomic mass is 35.6. The summed E-state index contributed by atoms with van der Waals surface area (Å²) in [6.45, 7) is 28.3. The van der Waals surface area contributed by atoms with Crippen LogP contribution in [0.4, 0.5) is 4.79 Å². The maximum atomic E-state index is 12.6. The van der Waals surface area contributed by atoms with Crippen molar-refractivity contribution in [2.45, 2.75) is 136 Å². The first-order valence-corrected chi connectivity index (χ1v) is 21.7. The number of halogens is 3. The fourth-order valence-corrected chi connectivity index (χ4v) is 8.67. The van der Waals surface area contributed by atoms with E-state index in [1.165, 1.54) is 0 Å². The number of rotatable bonds is 15. The number of aliphatic hydroxyl groups is 1. The van der Waals surface area contributed by atoms with Crippen molar-refractivity contribution in [3.8, 4) is 0 Å². The molecule has 0 aromatic carbocycles. The molecule has 4 fully saturated rings. The first-order valence-electron chi connectivity index (χ1n) is 20.6. The van der Waals surface area contributed by atoms with Crippen LogP contribution in [0.5, 0.6) is 0 Å². The maximum Gasteiger partial charge on any atom is 0.407 e. The van der Waals surface area contributed by atoms with E-state index >= 15 is 0 Å². The van der Waals surface area contributed by atoms with Gasteiger partial charge in [0.05, 0.1) is 63.5 Å². The number of amides is 1. The van der Waals surface area contributed by atoms with E-state index in [0.717, 1.165) is 0 Å². The first kappa shape index (κ1) is 48.2. The zero-order valence-corrected chi connectivity index (χ0v) is 37.5. The highest BCUT2D eigenvalue weighted by Gasteiger charge is 2.47. The van der Waals surface area contributed by atoms with Gasteiger partial charge in [-0.25, -0.2) is 4.79 Å². The molecule has 15 heteroatoms. The number of hydrogen-bond acceptors (Lipinski definition) is 11. The Kier molecular flexibility index (Phi) is 18.4. The van der Waals surface area contributed by atoms with Gasteiger partial charge in [-0.1, -0.05) is 117 Å². The molecule has 0 aromatic rings. The van der Waals surface area contributed by atoms with Crippen molar-refractivity contribution in [3.05, 3.63) is 12.7 Å². The summed E-state index contributed by atoms with van der Waals surface area (Å²) < 4.78 is 54.7. The summed E-state index contributed by atoms with van der Waals surface area (Å²) in [4.78, 5) is 12.6. The number of hydrogen-bond donors (Lipinski definition) is 2. The number of ether oxygens (including phenoxy) is 9. The van der Waals surface area contributed by atoms with Crippen LogP contribution in [0.1, 0.15) is 76.2 Å². The van der Waals surface area contributed by atoms with E-state index in [-0.39, 0.29) is 97.5 Å². The van der Waals surface area contributed by atoms with Crippen LogP contribution in [0.25, 0.3) is 0 Å². The molecular formula is C41H70Cl3NO11. The second-order valence-electron chi connectivity index (χ2n) is 17.3. The molecule has 0 spiro atoms. The molecule has 4 aliphatic rings. The Morgan fingerprint density at radius 1 is 0.589 bits per heavy atom. The van der Waals surface area contributed by atoms with Crippen LogP contribution in [0.2, 0.25) is 0 Å². The normalized spacial score (nSPS) is 44.9. The van der Waals surface area contributed by atoms with Gasteiger partial charge in [0.1, 0.15) is 6.61 Å². The zero-order chi connectivity index (χ0) is 41.6. The van der Waals surface area contributed by atoms with Gasteiger partial charge in [-0.05, 0) is 47.3 Å². The Morgan fingerprint density at radius 3 is 1.36 bits per heavy atom. The number of carbonyl (C=O) groups is 1. The van der Waals surface area contributed by atoms with Crippen LogP contribution < -0.4 is 5.32 Å². The Labute approximate surface area is 350 Å². The van der Waals surface area contributed by atoms with Gasteiger partial charge in [0, 0.05) is 17.8 Å². The minimum atomic E-state index is -1.73. The quantitative estimate of drug-likeness (QED) is 0.125. The lowest BCUT2D eigenvalue weighted by Crippen LogP contribution is -2.59. The third-order valence-electron chi connectivity index (χ3n) is 14.0. The monoisotopic (exact) mass is 857 g/mol. The lowest BCUT2D eigenvalue weighted by atomic mass is 9.78. The smallest absolute Gasteiger partial charge is 0.407 e. The van der Waals surface area contributed by atoms with Gasteiger partial charge in [0.15, 0.2) is 25.2 Å². The lowest BCUT2D eigenvalue weighted by Gasteiger charge is -2.47. The van der Waals surface area contributed by atoms with Crippen molar-refractivity contribution in [1.82, 2.24) is 5.32 Å². The molecule has 2 N–H and O–H groups in total. The zero-order valence-electron chi connectivity index (χ0n) is 35.2. The predicted molar refractivity (Wildman–Crippen MR) is 215 cm³/mol. The van der Waals surface area contributed by atoms with Crippen molar-refractivity contribution in [2.75, 3.05) is 39.6 Å². The van der Waals surface area contributed by atoms with Crippen molar-refractivity contribution in [2.24, 2.45) is 65.1 Å². The molecule has 326 valence electrons. The second kappa shape index (κ2) is 21.4. The van der Waals surface area contributed by atoms with Gasteiger partial charge in [-0.3, -0.25) is 0 Å². The van der Waals surface area contributed by atoms with Crippen molar-refractivity contribution in [3.63, 3.8) is 0 Å². The minimum Gasteiger partial charge on any atom is -0.445 e. The summed E-state index contributed by atoms with van der Waals surface area (Å²) >= 11 is 17.3. The molecule has 20 atom stereocenters. The van der Waals surface area contributed by atoms with Gasteiger partial charge in [0.25, 0.3) is 0 Å². The molecule has 4 saturated heterocycles. The lowest BCUT2D eigenvalue weighted by molar-refractivity contribution is -0.310. The van der Waals surface area contributed by atoms with E-state index in [1.54, 1.807) is 6.08 Å². The summed E-state index contributed by atoms with van der Waals surface area (Å²) in [5.41, 5.74) is 0. The van der Waals surface area contributed by atoms with Crippen LogP contribution in [0, 0.1) is 65.1 Å². The van der Waals surface area contributed by atoms with Crippen LogP contribution >= 0.6 is 34.8 Å². The van der Waals surface area contributed by atoms with E-state index in [2.05, 4.69) is 81.1 Å². The molecule has 4 aliphatic heterocycles. The molecule has 0 aromatic heterocycles. The fraction of sp³-hybridized carbons (Fsp3) is 0.927. The van der Waals surface area contributed by atoms with Crippen LogP contribution in [-0.2, 0) is 42.6 Å². The minimum absolute atomic E-state index is 0.0255. The number of carbonyl (C=O) groups excluding carboxylic acids is 1. The largest absolute Gasteiger partial charge is 0.445 e. The van der Waals surface area contributed by atoms with Gasteiger partial charge >= 0.3 is 6.09 Å². The highest BCUT2D eigenvalue weighted by molar-refractivity contribution is 6.67. The van der Waals surface area contributed by atoms with E-state index in [1.807, 2.05) is 6.92 Å². The summed E-state index contributed by atoms with van der Waals surface area (Å²) in [5, 5.41) is 12.7. The van der Waals surface area contributed by atoms with Gasteiger partial charge in [-0.2, -0.15) is 0 Å². The average Bonchev–Trinajstić information content (AvgIpc) is 3.16. The molecule has 56 heavy (non-hydrogen) atoms. The summed E-state index contributed by atoms with van der Waals surface area (Å²) in [7, 11) is 0. The topological polar surface area (TPSA) is 132 Å². The second-order valence-corrected chi connectivity index (χ2v) is 19.8. The van der Waals surface area contributed by atoms with E-state index in [0.29, 0.717) is 25.0 Å². The number of aliphatic hydroxyl groups excluding tert-OH is 1. The number of nitrogens with one attached hydrogen (secondary N) is 1. The first-order chi connectivity index (χ1) is 26.3. The van der Waals surface area contributed by atoms with Crippen molar-refractivity contribution < 1.29 is 52.5 Å². The van der Waals surface area contributed by atoms with Crippen molar-refractivity contribution in [1.29, 1.82) is 0 Å². The Morgan fingerprint density at radius 2 is 0.964 bits per heavy atom. The molecule has 8 unspecified atom stereocenters. The summed E-state index contributed by atoms with van der Waals surface area (Å²) in [6, 6.07) is -0.534.